The lowest BCUT2D eigenvalue weighted by Gasteiger charge is -2.19. The minimum absolute atomic E-state index is 0.0231. The molecule has 0 saturated heterocycles. The van der Waals surface area contributed by atoms with E-state index in [9.17, 15) is 18.0 Å². The summed E-state index contributed by atoms with van der Waals surface area (Å²) in [6.07, 6.45) is 0. The van der Waals surface area contributed by atoms with Gasteiger partial charge < -0.3 is 5.32 Å². The van der Waals surface area contributed by atoms with Crippen molar-refractivity contribution in [3.63, 3.8) is 0 Å². The first-order chi connectivity index (χ1) is 18.3. The molecule has 39 heavy (non-hydrogen) atoms. The number of anilines is 2. The van der Waals surface area contributed by atoms with Gasteiger partial charge in [0.05, 0.1) is 15.5 Å². The summed E-state index contributed by atoms with van der Waals surface area (Å²) in [6, 6.07) is 24.8. The number of nitrogens with one attached hydrogen (secondary N) is 2. The third kappa shape index (κ3) is 6.74. The first-order valence-corrected chi connectivity index (χ1v) is 14.2. The average molecular weight is 561 g/mol. The number of amides is 1. The summed E-state index contributed by atoms with van der Waals surface area (Å²) in [6.45, 7) is 8.19. The van der Waals surface area contributed by atoms with Crippen LogP contribution in [0.15, 0.2) is 95.9 Å². The molecule has 4 aromatic rings. The topological polar surface area (TPSA) is 92.3 Å². The smallest absolute Gasteiger partial charge is 0.261 e. The molecule has 1 amide bonds. The summed E-state index contributed by atoms with van der Waals surface area (Å²) in [5.41, 5.74) is 3.67. The highest BCUT2D eigenvalue weighted by Crippen LogP contribution is 2.26. The Morgan fingerprint density at radius 2 is 1.44 bits per heavy atom. The van der Waals surface area contributed by atoms with Crippen LogP contribution in [0.2, 0.25) is 5.02 Å². The molecule has 4 aromatic carbocycles. The Morgan fingerprint density at radius 1 is 0.769 bits per heavy atom. The minimum atomic E-state index is -3.86. The van der Waals surface area contributed by atoms with E-state index in [0.29, 0.717) is 16.8 Å². The van der Waals surface area contributed by atoms with Crippen molar-refractivity contribution in [2.45, 2.75) is 38.0 Å². The van der Waals surface area contributed by atoms with E-state index in [0.717, 1.165) is 11.1 Å². The predicted molar refractivity (Wildman–Crippen MR) is 156 cm³/mol. The van der Waals surface area contributed by atoms with E-state index in [2.05, 4.69) is 30.8 Å². The van der Waals surface area contributed by atoms with Crippen LogP contribution < -0.4 is 10.0 Å². The monoisotopic (exact) mass is 560 g/mol. The molecule has 0 aliphatic carbocycles. The number of hydrogen-bond acceptors (Lipinski definition) is 4. The Kier molecular flexibility index (Phi) is 7.95. The van der Waals surface area contributed by atoms with Crippen molar-refractivity contribution in [2.75, 3.05) is 10.0 Å². The van der Waals surface area contributed by atoms with Crippen molar-refractivity contribution < 1.29 is 18.0 Å². The Morgan fingerprint density at radius 3 is 2.08 bits per heavy atom. The fourth-order valence-corrected chi connectivity index (χ4v) is 5.17. The average Bonchev–Trinajstić information content (AvgIpc) is 2.89. The molecule has 0 aromatic heterocycles. The molecule has 2 N–H and O–H groups in total. The van der Waals surface area contributed by atoms with Crippen LogP contribution in [0.1, 0.15) is 58.2 Å². The highest BCUT2D eigenvalue weighted by Gasteiger charge is 2.18. The van der Waals surface area contributed by atoms with Gasteiger partial charge in [0.1, 0.15) is 0 Å². The minimum Gasteiger partial charge on any atom is -0.322 e. The number of halogens is 1. The van der Waals surface area contributed by atoms with E-state index in [1.54, 1.807) is 48.5 Å². The van der Waals surface area contributed by atoms with Gasteiger partial charge in [-0.1, -0.05) is 86.5 Å². The van der Waals surface area contributed by atoms with Crippen LogP contribution in [-0.4, -0.2) is 20.1 Å². The second-order valence-corrected chi connectivity index (χ2v) is 12.4. The lowest BCUT2D eigenvalue weighted by molar-refractivity contribution is 0.102. The zero-order valence-electron chi connectivity index (χ0n) is 22.1. The van der Waals surface area contributed by atoms with Gasteiger partial charge in [-0.15, -0.1) is 0 Å². The summed E-state index contributed by atoms with van der Waals surface area (Å²) < 4.78 is 28.0. The van der Waals surface area contributed by atoms with Gasteiger partial charge >= 0.3 is 0 Å². The van der Waals surface area contributed by atoms with Crippen molar-refractivity contribution in [3.05, 3.63) is 124 Å². The molecule has 0 atom stereocenters. The second kappa shape index (κ2) is 11.0. The molecule has 0 aliphatic heterocycles. The molecular weight excluding hydrogens is 532 g/mol. The van der Waals surface area contributed by atoms with Gasteiger partial charge in [0.15, 0.2) is 5.78 Å². The molecule has 0 spiro atoms. The van der Waals surface area contributed by atoms with Gasteiger partial charge in [-0.3, -0.25) is 14.3 Å². The van der Waals surface area contributed by atoms with Crippen molar-refractivity contribution >= 4 is 44.7 Å². The molecule has 0 aliphatic rings. The van der Waals surface area contributed by atoms with E-state index < -0.39 is 15.9 Å². The van der Waals surface area contributed by atoms with E-state index in [-0.39, 0.29) is 32.4 Å². The molecule has 0 heterocycles. The van der Waals surface area contributed by atoms with E-state index in [4.69, 9.17) is 11.6 Å². The maximum Gasteiger partial charge on any atom is 0.261 e. The third-order valence-electron chi connectivity index (χ3n) is 6.19. The third-order valence-corrected chi connectivity index (χ3v) is 7.92. The largest absolute Gasteiger partial charge is 0.322 e. The summed E-state index contributed by atoms with van der Waals surface area (Å²) in [5.74, 6) is -0.715. The maximum atomic E-state index is 13.1. The molecule has 0 bridgehead atoms. The zero-order chi connectivity index (χ0) is 28.4. The number of rotatable bonds is 7. The van der Waals surface area contributed by atoms with Crippen molar-refractivity contribution in [1.29, 1.82) is 0 Å². The van der Waals surface area contributed by atoms with Gasteiger partial charge in [0.2, 0.25) is 0 Å². The first-order valence-electron chi connectivity index (χ1n) is 12.3. The standard InChI is InChI=1S/C31H29ClN2O4S/c1-20-8-15-26(16-9-20)39(37,38)34-25-14-17-28(32)27(19-25)30(36)33-24-7-5-6-22(18-24)29(35)21-10-12-23(13-11-21)31(2,3)4/h5-19,34H,1-4H3,(H,33,36). The highest BCUT2D eigenvalue weighted by molar-refractivity contribution is 7.92. The van der Waals surface area contributed by atoms with E-state index in [1.807, 2.05) is 19.1 Å². The normalized spacial score (nSPS) is 11.6. The van der Waals surface area contributed by atoms with Gasteiger partial charge in [-0.25, -0.2) is 8.42 Å². The van der Waals surface area contributed by atoms with Crippen LogP contribution in [0, 0.1) is 6.92 Å². The molecule has 0 saturated carbocycles. The highest BCUT2D eigenvalue weighted by atomic mass is 35.5. The van der Waals surface area contributed by atoms with Crippen LogP contribution in [0.5, 0.6) is 0 Å². The van der Waals surface area contributed by atoms with Gasteiger partial charge in [0, 0.05) is 22.5 Å². The molecule has 0 unspecified atom stereocenters. The Hall–Kier alpha value is -3.94. The van der Waals surface area contributed by atoms with Gasteiger partial charge in [0.25, 0.3) is 15.9 Å². The molecule has 200 valence electrons. The predicted octanol–water partition coefficient (Wildman–Crippen LogP) is 7.23. The lowest BCUT2D eigenvalue weighted by atomic mass is 9.86. The summed E-state index contributed by atoms with van der Waals surface area (Å²) in [7, 11) is -3.86. The van der Waals surface area contributed by atoms with Gasteiger partial charge in [-0.2, -0.15) is 0 Å². The number of aryl methyl sites for hydroxylation is 1. The number of hydrogen-bond donors (Lipinski definition) is 2. The number of carbonyl (C=O) groups excluding carboxylic acids is 2. The van der Waals surface area contributed by atoms with Crippen LogP contribution in [0.4, 0.5) is 11.4 Å². The second-order valence-electron chi connectivity index (χ2n) is 10.3. The summed E-state index contributed by atoms with van der Waals surface area (Å²) in [5, 5.41) is 2.90. The number of ketones is 1. The molecule has 6 nitrogen and oxygen atoms in total. The van der Waals surface area contributed by atoms with Crippen molar-refractivity contribution in [1.82, 2.24) is 0 Å². The van der Waals surface area contributed by atoms with Crippen molar-refractivity contribution in [3.8, 4) is 0 Å². The lowest BCUT2D eigenvalue weighted by Crippen LogP contribution is -2.16. The van der Waals surface area contributed by atoms with Crippen LogP contribution in [-0.2, 0) is 15.4 Å². The number of sulfonamides is 1. The zero-order valence-corrected chi connectivity index (χ0v) is 23.7. The Bertz CT molecular complexity index is 1640. The number of benzene rings is 4. The van der Waals surface area contributed by atoms with Crippen molar-refractivity contribution in [2.24, 2.45) is 0 Å². The quantitative estimate of drug-likeness (QED) is 0.233. The van der Waals surface area contributed by atoms with Gasteiger partial charge in [-0.05, 0) is 60.4 Å². The number of carbonyl (C=O) groups is 2. The van der Waals surface area contributed by atoms with E-state index >= 15 is 0 Å². The molecule has 0 radical (unpaired) electrons. The SMILES string of the molecule is Cc1ccc(S(=O)(=O)Nc2ccc(Cl)c(C(=O)Nc3cccc(C(=O)c4ccc(C(C)(C)C)cc4)c3)c2)cc1. The maximum absolute atomic E-state index is 13.1. The molecule has 0 fully saturated rings. The van der Waals surface area contributed by atoms with Crippen LogP contribution in [0.25, 0.3) is 0 Å². The molecule has 8 heteroatoms. The summed E-state index contributed by atoms with van der Waals surface area (Å²) in [4.78, 5) is 26.3. The molecule has 4 rings (SSSR count). The molecular formula is C31H29ClN2O4S. The fraction of sp³-hybridized carbons (Fsp3) is 0.161. The summed E-state index contributed by atoms with van der Waals surface area (Å²) >= 11 is 6.28. The Balaban J connectivity index is 1.52. The van der Waals surface area contributed by atoms with E-state index in [1.165, 1.54) is 30.3 Å². The van der Waals surface area contributed by atoms with Crippen LogP contribution in [0.3, 0.4) is 0 Å². The van der Waals surface area contributed by atoms with Crippen LogP contribution >= 0.6 is 11.6 Å². The fourth-order valence-electron chi connectivity index (χ4n) is 3.92. The Labute approximate surface area is 234 Å². The first kappa shape index (κ1) is 28.1.